The van der Waals surface area contributed by atoms with Crippen molar-refractivity contribution in [1.29, 1.82) is 0 Å². The largest absolute Gasteiger partial charge is 0.489 e. The van der Waals surface area contributed by atoms with Crippen molar-refractivity contribution in [2.45, 2.75) is 18.9 Å². The SMILES string of the molecule is CS(=O)(=O)Nc1ncc(OC2CC2)cc1N. The maximum Gasteiger partial charge on any atom is 0.231 e. The Morgan fingerprint density at radius 2 is 2.25 bits per heavy atom. The number of hydrogen-bond acceptors (Lipinski definition) is 5. The molecule has 0 amide bonds. The number of anilines is 2. The van der Waals surface area contributed by atoms with E-state index in [-0.39, 0.29) is 17.6 Å². The molecule has 88 valence electrons. The summed E-state index contributed by atoms with van der Waals surface area (Å²) in [6.07, 6.45) is 4.85. The van der Waals surface area contributed by atoms with Crippen LogP contribution in [0.2, 0.25) is 0 Å². The second kappa shape index (κ2) is 3.82. The van der Waals surface area contributed by atoms with E-state index >= 15 is 0 Å². The summed E-state index contributed by atoms with van der Waals surface area (Å²) in [6, 6.07) is 1.57. The molecule has 1 heterocycles. The highest BCUT2D eigenvalue weighted by atomic mass is 32.2. The number of nitrogen functional groups attached to an aromatic ring is 1. The van der Waals surface area contributed by atoms with Gasteiger partial charge in [0.2, 0.25) is 10.0 Å². The van der Waals surface area contributed by atoms with Crippen molar-refractivity contribution < 1.29 is 13.2 Å². The highest BCUT2D eigenvalue weighted by molar-refractivity contribution is 7.92. The van der Waals surface area contributed by atoms with Crippen molar-refractivity contribution in [1.82, 2.24) is 4.98 Å². The molecule has 16 heavy (non-hydrogen) atoms. The zero-order valence-electron chi connectivity index (χ0n) is 8.80. The molecule has 0 aromatic carbocycles. The van der Waals surface area contributed by atoms with Crippen LogP contribution in [0.4, 0.5) is 11.5 Å². The fourth-order valence-corrected chi connectivity index (χ4v) is 1.69. The molecular weight excluding hydrogens is 230 g/mol. The number of rotatable bonds is 4. The summed E-state index contributed by atoms with van der Waals surface area (Å²) in [4.78, 5) is 3.90. The molecule has 0 atom stereocenters. The zero-order valence-corrected chi connectivity index (χ0v) is 9.62. The normalized spacial score (nSPS) is 15.8. The summed E-state index contributed by atoms with van der Waals surface area (Å²) < 4.78 is 29.7. The molecule has 1 aliphatic rings. The van der Waals surface area contributed by atoms with Crippen molar-refractivity contribution in [2.75, 3.05) is 16.7 Å². The van der Waals surface area contributed by atoms with Crippen molar-refractivity contribution in [2.24, 2.45) is 0 Å². The van der Waals surface area contributed by atoms with Crippen LogP contribution in [0.15, 0.2) is 12.3 Å². The lowest BCUT2D eigenvalue weighted by Gasteiger charge is -2.08. The summed E-state index contributed by atoms with van der Waals surface area (Å²) in [5.74, 6) is 0.699. The Hall–Kier alpha value is -1.50. The third kappa shape index (κ3) is 2.99. The molecule has 6 nitrogen and oxygen atoms in total. The lowest BCUT2D eigenvalue weighted by atomic mass is 10.4. The van der Waals surface area contributed by atoms with Gasteiger partial charge < -0.3 is 10.5 Å². The number of ether oxygens (including phenoxy) is 1. The average Bonchev–Trinajstić information content (AvgIpc) is 2.92. The van der Waals surface area contributed by atoms with E-state index in [4.69, 9.17) is 10.5 Å². The summed E-state index contributed by atoms with van der Waals surface area (Å²) in [7, 11) is -3.36. The van der Waals surface area contributed by atoms with Crippen LogP contribution in [0.3, 0.4) is 0 Å². The molecule has 2 rings (SSSR count). The van der Waals surface area contributed by atoms with Gasteiger partial charge in [0.25, 0.3) is 0 Å². The second-order valence-corrected chi connectivity index (χ2v) is 5.55. The van der Waals surface area contributed by atoms with Crippen molar-refractivity contribution in [3.63, 3.8) is 0 Å². The Morgan fingerprint density at radius 3 is 2.75 bits per heavy atom. The second-order valence-electron chi connectivity index (χ2n) is 3.80. The maximum absolute atomic E-state index is 11.0. The first-order valence-electron chi connectivity index (χ1n) is 4.84. The molecule has 0 unspecified atom stereocenters. The number of pyridine rings is 1. The summed E-state index contributed by atoms with van der Waals surface area (Å²) >= 11 is 0. The Morgan fingerprint density at radius 1 is 1.56 bits per heavy atom. The fraction of sp³-hybridized carbons (Fsp3) is 0.444. The summed E-state index contributed by atoms with van der Waals surface area (Å²) in [6.45, 7) is 0. The van der Waals surface area contributed by atoms with E-state index in [0.717, 1.165) is 19.1 Å². The molecular formula is C9H13N3O3S. The third-order valence-corrected chi connectivity index (χ3v) is 2.57. The van der Waals surface area contributed by atoms with Gasteiger partial charge in [-0.05, 0) is 12.8 Å². The summed E-state index contributed by atoms with van der Waals surface area (Å²) in [5.41, 5.74) is 5.91. The van der Waals surface area contributed by atoms with Crippen LogP contribution in [0.5, 0.6) is 5.75 Å². The Labute approximate surface area is 93.9 Å². The number of hydrogen-bond donors (Lipinski definition) is 2. The molecule has 0 aliphatic heterocycles. The third-order valence-electron chi connectivity index (χ3n) is 2.00. The molecule has 1 aliphatic carbocycles. The van der Waals surface area contributed by atoms with Crippen molar-refractivity contribution >= 4 is 21.5 Å². The standard InChI is InChI=1S/C9H13N3O3S/c1-16(13,14)12-9-8(10)4-7(5-11-9)15-6-2-3-6/h4-6H,2-3,10H2,1H3,(H,11,12). The zero-order chi connectivity index (χ0) is 11.8. The minimum atomic E-state index is -3.36. The van der Waals surface area contributed by atoms with E-state index in [1.54, 1.807) is 6.07 Å². The molecule has 0 bridgehead atoms. The van der Waals surface area contributed by atoms with E-state index in [1.165, 1.54) is 6.20 Å². The number of aromatic nitrogens is 1. The lowest BCUT2D eigenvalue weighted by molar-refractivity contribution is 0.302. The fourth-order valence-electron chi connectivity index (χ4n) is 1.17. The molecule has 0 spiro atoms. The van der Waals surface area contributed by atoms with Crippen LogP contribution in [0.25, 0.3) is 0 Å². The molecule has 7 heteroatoms. The first kappa shape index (κ1) is 11.0. The van der Waals surface area contributed by atoms with E-state index in [1.807, 2.05) is 0 Å². The highest BCUT2D eigenvalue weighted by Gasteiger charge is 2.23. The Balaban J connectivity index is 2.15. The van der Waals surface area contributed by atoms with Crippen molar-refractivity contribution in [3.8, 4) is 5.75 Å². The van der Waals surface area contributed by atoms with Crippen LogP contribution in [-0.4, -0.2) is 25.8 Å². The van der Waals surface area contributed by atoms with Gasteiger partial charge in [-0.15, -0.1) is 0 Å². The quantitative estimate of drug-likeness (QED) is 0.806. The Kier molecular flexibility index (Phi) is 2.63. The van der Waals surface area contributed by atoms with Crippen LogP contribution >= 0.6 is 0 Å². The number of nitrogens with zero attached hydrogens (tertiary/aromatic N) is 1. The number of nitrogens with two attached hydrogens (primary N) is 1. The van der Waals surface area contributed by atoms with Gasteiger partial charge in [-0.3, -0.25) is 4.72 Å². The monoisotopic (exact) mass is 243 g/mol. The van der Waals surface area contributed by atoms with Gasteiger partial charge in [-0.25, -0.2) is 13.4 Å². The Bertz CT molecular complexity index is 497. The van der Waals surface area contributed by atoms with Crippen LogP contribution < -0.4 is 15.2 Å². The smallest absolute Gasteiger partial charge is 0.231 e. The van der Waals surface area contributed by atoms with Crippen LogP contribution in [0.1, 0.15) is 12.8 Å². The van der Waals surface area contributed by atoms with Gasteiger partial charge >= 0.3 is 0 Å². The molecule has 1 fully saturated rings. The predicted molar refractivity (Wildman–Crippen MR) is 60.8 cm³/mol. The van der Waals surface area contributed by atoms with E-state index < -0.39 is 10.0 Å². The minimum Gasteiger partial charge on any atom is -0.489 e. The molecule has 1 aromatic heterocycles. The molecule has 3 N–H and O–H groups in total. The number of nitrogens with one attached hydrogen (secondary N) is 1. The van der Waals surface area contributed by atoms with E-state index in [0.29, 0.717) is 5.75 Å². The highest BCUT2D eigenvalue weighted by Crippen LogP contribution is 2.29. The van der Waals surface area contributed by atoms with Gasteiger partial charge in [0.1, 0.15) is 5.75 Å². The topological polar surface area (TPSA) is 94.3 Å². The van der Waals surface area contributed by atoms with Crippen molar-refractivity contribution in [3.05, 3.63) is 12.3 Å². The minimum absolute atomic E-state index is 0.130. The van der Waals surface area contributed by atoms with E-state index in [2.05, 4.69) is 9.71 Å². The lowest BCUT2D eigenvalue weighted by Crippen LogP contribution is -2.12. The van der Waals surface area contributed by atoms with Crippen LogP contribution in [-0.2, 0) is 10.0 Å². The first-order chi connectivity index (χ1) is 7.44. The maximum atomic E-state index is 11.0. The van der Waals surface area contributed by atoms with Crippen LogP contribution in [0, 0.1) is 0 Å². The van der Waals surface area contributed by atoms with Gasteiger partial charge in [-0.2, -0.15) is 0 Å². The molecule has 1 saturated carbocycles. The van der Waals surface area contributed by atoms with Gasteiger partial charge in [-0.1, -0.05) is 0 Å². The van der Waals surface area contributed by atoms with Gasteiger partial charge in [0.15, 0.2) is 5.82 Å². The van der Waals surface area contributed by atoms with Gasteiger partial charge in [0, 0.05) is 6.07 Å². The molecule has 0 saturated heterocycles. The summed E-state index contributed by atoms with van der Waals surface area (Å²) in [5, 5.41) is 0. The first-order valence-corrected chi connectivity index (χ1v) is 6.73. The van der Waals surface area contributed by atoms with E-state index in [9.17, 15) is 8.42 Å². The number of sulfonamides is 1. The van der Waals surface area contributed by atoms with Gasteiger partial charge in [0.05, 0.1) is 24.2 Å². The molecule has 0 radical (unpaired) electrons. The average molecular weight is 243 g/mol. The predicted octanol–water partition coefficient (Wildman–Crippen LogP) is 0.576. The molecule has 1 aromatic rings.